The van der Waals surface area contributed by atoms with Gasteiger partial charge in [-0.3, -0.25) is 0 Å². The van der Waals surface area contributed by atoms with E-state index >= 15 is 0 Å². The van der Waals surface area contributed by atoms with E-state index in [9.17, 15) is 0 Å². The molecule has 0 aromatic heterocycles. The van der Waals surface area contributed by atoms with E-state index in [1.165, 1.54) is 11.1 Å². The summed E-state index contributed by atoms with van der Waals surface area (Å²) in [6.07, 6.45) is 1.74. The van der Waals surface area contributed by atoms with Crippen molar-refractivity contribution in [3.8, 4) is 5.75 Å². The normalized spacial score (nSPS) is 10.2. The van der Waals surface area contributed by atoms with Crippen LogP contribution in [-0.4, -0.2) is 6.61 Å². The van der Waals surface area contributed by atoms with Crippen LogP contribution in [0.3, 0.4) is 0 Å². The number of hydrogen-bond donors (Lipinski definition) is 1. The molecule has 0 amide bonds. The van der Waals surface area contributed by atoms with Crippen molar-refractivity contribution in [1.29, 1.82) is 0 Å². The maximum Gasteiger partial charge on any atom is 0.119 e. The number of halogens is 1. The predicted molar refractivity (Wildman–Crippen MR) is 84.1 cm³/mol. The number of benzene rings is 2. The standard InChI is InChI=1S/C17H18ClNO/c1-2-11-20-17-9-5-15(6-10-17)13-19-12-14-3-7-16(18)8-4-14/h2-10,19H,1,11-13H2. The van der Waals surface area contributed by atoms with Crippen molar-refractivity contribution in [3.63, 3.8) is 0 Å². The first-order valence-corrected chi connectivity index (χ1v) is 6.93. The number of ether oxygens (including phenoxy) is 1. The molecule has 0 fully saturated rings. The Hall–Kier alpha value is -1.77. The Balaban J connectivity index is 1.79. The van der Waals surface area contributed by atoms with Crippen molar-refractivity contribution in [2.75, 3.05) is 6.61 Å². The molecule has 0 heterocycles. The fourth-order valence-corrected chi connectivity index (χ4v) is 1.94. The summed E-state index contributed by atoms with van der Waals surface area (Å²) in [4.78, 5) is 0. The summed E-state index contributed by atoms with van der Waals surface area (Å²) >= 11 is 5.85. The molecule has 0 aliphatic heterocycles. The average Bonchev–Trinajstić information content (AvgIpc) is 2.48. The molecule has 1 N–H and O–H groups in total. The Kier molecular flexibility index (Phi) is 5.66. The van der Waals surface area contributed by atoms with Gasteiger partial charge in [0.1, 0.15) is 12.4 Å². The molecule has 0 saturated carbocycles. The van der Waals surface area contributed by atoms with Crippen molar-refractivity contribution in [2.24, 2.45) is 0 Å². The zero-order valence-electron chi connectivity index (χ0n) is 11.3. The van der Waals surface area contributed by atoms with Crippen LogP contribution in [0.5, 0.6) is 5.75 Å². The second-order valence-corrected chi connectivity index (χ2v) is 4.91. The molecule has 0 aliphatic carbocycles. The fourth-order valence-electron chi connectivity index (χ4n) is 1.81. The van der Waals surface area contributed by atoms with Crippen molar-refractivity contribution in [3.05, 3.63) is 77.3 Å². The molecule has 0 aliphatic rings. The minimum atomic E-state index is 0.536. The predicted octanol–water partition coefficient (Wildman–Crippen LogP) is 4.19. The first-order chi connectivity index (χ1) is 9.78. The van der Waals surface area contributed by atoms with Crippen LogP contribution in [0.4, 0.5) is 0 Å². The van der Waals surface area contributed by atoms with Gasteiger partial charge in [0.15, 0.2) is 0 Å². The number of hydrogen-bond acceptors (Lipinski definition) is 2. The lowest BCUT2D eigenvalue weighted by Gasteiger charge is -2.07. The Labute approximate surface area is 125 Å². The van der Waals surface area contributed by atoms with E-state index in [0.717, 1.165) is 23.9 Å². The van der Waals surface area contributed by atoms with Gasteiger partial charge in [-0.25, -0.2) is 0 Å². The van der Waals surface area contributed by atoms with Gasteiger partial charge in [-0.15, -0.1) is 0 Å². The molecular formula is C17H18ClNO. The summed E-state index contributed by atoms with van der Waals surface area (Å²) in [6, 6.07) is 15.9. The second-order valence-electron chi connectivity index (χ2n) is 4.47. The molecule has 0 bridgehead atoms. The van der Waals surface area contributed by atoms with Gasteiger partial charge in [0, 0.05) is 18.1 Å². The zero-order chi connectivity index (χ0) is 14.2. The minimum Gasteiger partial charge on any atom is -0.490 e. The van der Waals surface area contributed by atoms with E-state index in [0.29, 0.717) is 6.61 Å². The van der Waals surface area contributed by atoms with Gasteiger partial charge >= 0.3 is 0 Å². The molecular weight excluding hydrogens is 270 g/mol. The lowest BCUT2D eigenvalue weighted by atomic mass is 10.2. The van der Waals surface area contributed by atoms with Gasteiger partial charge in [-0.05, 0) is 35.4 Å². The van der Waals surface area contributed by atoms with Crippen molar-refractivity contribution in [1.82, 2.24) is 5.32 Å². The Bertz CT molecular complexity index is 534. The highest BCUT2D eigenvalue weighted by Gasteiger charge is 1.96. The highest BCUT2D eigenvalue weighted by Crippen LogP contribution is 2.13. The summed E-state index contributed by atoms with van der Waals surface area (Å²) in [7, 11) is 0. The maximum absolute atomic E-state index is 5.85. The van der Waals surface area contributed by atoms with Crippen LogP contribution in [0.2, 0.25) is 5.02 Å². The van der Waals surface area contributed by atoms with Crippen LogP contribution >= 0.6 is 11.6 Å². The molecule has 0 spiro atoms. The Morgan fingerprint density at radius 2 is 1.50 bits per heavy atom. The van der Waals surface area contributed by atoms with Crippen LogP contribution in [0.1, 0.15) is 11.1 Å². The monoisotopic (exact) mass is 287 g/mol. The summed E-state index contributed by atoms with van der Waals surface area (Å²) in [5.41, 5.74) is 2.45. The van der Waals surface area contributed by atoms with E-state index in [4.69, 9.17) is 16.3 Å². The molecule has 0 unspecified atom stereocenters. The molecule has 2 rings (SSSR count). The molecule has 20 heavy (non-hydrogen) atoms. The van der Waals surface area contributed by atoms with Crippen molar-refractivity contribution < 1.29 is 4.74 Å². The van der Waals surface area contributed by atoms with E-state index in [1.807, 2.05) is 36.4 Å². The summed E-state index contributed by atoms with van der Waals surface area (Å²) in [6.45, 7) is 5.81. The van der Waals surface area contributed by atoms with E-state index in [2.05, 4.69) is 24.0 Å². The van der Waals surface area contributed by atoms with Crippen LogP contribution in [0.15, 0.2) is 61.2 Å². The first-order valence-electron chi connectivity index (χ1n) is 6.56. The lowest BCUT2D eigenvalue weighted by molar-refractivity contribution is 0.363. The SMILES string of the molecule is C=CCOc1ccc(CNCc2ccc(Cl)cc2)cc1. The molecule has 0 radical (unpaired) electrons. The van der Waals surface area contributed by atoms with Gasteiger partial charge < -0.3 is 10.1 Å². The van der Waals surface area contributed by atoms with Gasteiger partial charge in [0.25, 0.3) is 0 Å². The lowest BCUT2D eigenvalue weighted by Crippen LogP contribution is -2.12. The summed E-state index contributed by atoms with van der Waals surface area (Å²) < 4.78 is 5.44. The second kappa shape index (κ2) is 7.73. The Morgan fingerprint density at radius 3 is 2.05 bits per heavy atom. The van der Waals surface area contributed by atoms with Gasteiger partial charge in [0.05, 0.1) is 0 Å². The highest BCUT2D eigenvalue weighted by molar-refractivity contribution is 6.30. The first kappa shape index (κ1) is 14.6. The van der Waals surface area contributed by atoms with Crippen LogP contribution < -0.4 is 10.1 Å². The third-order valence-corrected chi connectivity index (χ3v) is 3.11. The van der Waals surface area contributed by atoms with Crippen LogP contribution in [0, 0.1) is 0 Å². The molecule has 2 nitrogen and oxygen atoms in total. The van der Waals surface area contributed by atoms with E-state index < -0.39 is 0 Å². The number of nitrogens with one attached hydrogen (secondary N) is 1. The van der Waals surface area contributed by atoms with Gasteiger partial charge in [0.2, 0.25) is 0 Å². The maximum atomic E-state index is 5.85. The molecule has 2 aromatic carbocycles. The van der Waals surface area contributed by atoms with Crippen molar-refractivity contribution in [2.45, 2.75) is 13.1 Å². The van der Waals surface area contributed by atoms with Gasteiger partial charge in [-0.1, -0.05) is 48.5 Å². The molecule has 3 heteroatoms. The fraction of sp³-hybridized carbons (Fsp3) is 0.176. The third kappa shape index (κ3) is 4.72. The van der Waals surface area contributed by atoms with E-state index in [-0.39, 0.29) is 0 Å². The Morgan fingerprint density at radius 1 is 0.950 bits per heavy atom. The third-order valence-electron chi connectivity index (χ3n) is 2.86. The quantitative estimate of drug-likeness (QED) is 0.771. The molecule has 2 aromatic rings. The molecule has 0 saturated heterocycles. The van der Waals surface area contributed by atoms with E-state index in [1.54, 1.807) is 6.08 Å². The zero-order valence-corrected chi connectivity index (χ0v) is 12.1. The average molecular weight is 288 g/mol. The van der Waals surface area contributed by atoms with Crippen LogP contribution in [-0.2, 0) is 13.1 Å². The van der Waals surface area contributed by atoms with Crippen LogP contribution in [0.25, 0.3) is 0 Å². The number of rotatable bonds is 7. The summed E-state index contributed by atoms with van der Waals surface area (Å²) in [5, 5.41) is 4.17. The van der Waals surface area contributed by atoms with Crippen molar-refractivity contribution >= 4 is 11.6 Å². The largest absolute Gasteiger partial charge is 0.490 e. The molecule has 104 valence electrons. The van der Waals surface area contributed by atoms with Gasteiger partial charge in [-0.2, -0.15) is 0 Å². The highest BCUT2D eigenvalue weighted by atomic mass is 35.5. The molecule has 0 atom stereocenters. The topological polar surface area (TPSA) is 21.3 Å². The smallest absolute Gasteiger partial charge is 0.119 e. The minimum absolute atomic E-state index is 0.536. The summed E-state index contributed by atoms with van der Waals surface area (Å²) in [5.74, 6) is 0.867.